The number of hydrogen-bond acceptors (Lipinski definition) is 4. The van der Waals surface area contributed by atoms with Gasteiger partial charge < -0.3 is 4.90 Å². The Morgan fingerprint density at radius 2 is 2.00 bits per heavy atom. The fourth-order valence-corrected chi connectivity index (χ4v) is 3.20. The second kappa shape index (κ2) is 5.83. The van der Waals surface area contributed by atoms with Gasteiger partial charge >= 0.3 is 0 Å². The highest BCUT2D eigenvalue weighted by Crippen LogP contribution is 2.27. The lowest BCUT2D eigenvalue weighted by molar-refractivity contribution is 0.861. The SMILES string of the molecule is CN(Cc1ccc(-n2cccn2)cc1)c1ncnc2c1CCC2. The van der Waals surface area contributed by atoms with Gasteiger partial charge in [-0.2, -0.15) is 5.10 Å². The third kappa shape index (κ3) is 2.70. The van der Waals surface area contributed by atoms with E-state index in [4.69, 9.17) is 0 Å². The van der Waals surface area contributed by atoms with Crippen molar-refractivity contribution in [2.45, 2.75) is 25.8 Å². The molecule has 5 heteroatoms. The van der Waals surface area contributed by atoms with E-state index in [2.05, 4.69) is 51.3 Å². The average molecular weight is 305 g/mol. The van der Waals surface area contributed by atoms with Gasteiger partial charge in [0.25, 0.3) is 0 Å². The molecule has 0 spiro atoms. The Morgan fingerprint density at radius 1 is 1.13 bits per heavy atom. The van der Waals surface area contributed by atoms with Gasteiger partial charge in [0.2, 0.25) is 0 Å². The summed E-state index contributed by atoms with van der Waals surface area (Å²) in [5, 5.41) is 4.25. The summed E-state index contributed by atoms with van der Waals surface area (Å²) in [6.07, 6.45) is 8.79. The minimum atomic E-state index is 0.836. The summed E-state index contributed by atoms with van der Waals surface area (Å²) < 4.78 is 1.87. The minimum absolute atomic E-state index is 0.836. The molecule has 1 aromatic carbocycles. The molecule has 1 aliphatic carbocycles. The molecule has 0 saturated carbocycles. The summed E-state index contributed by atoms with van der Waals surface area (Å²) in [5.74, 6) is 1.07. The number of aromatic nitrogens is 4. The molecule has 0 aliphatic heterocycles. The normalized spacial score (nSPS) is 13.1. The molecule has 2 aromatic heterocycles. The predicted octanol–water partition coefficient (Wildman–Crippen LogP) is 2.79. The van der Waals surface area contributed by atoms with Crippen LogP contribution in [0, 0.1) is 0 Å². The Morgan fingerprint density at radius 3 is 2.78 bits per heavy atom. The lowest BCUT2D eigenvalue weighted by atomic mass is 10.1. The van der Waals surface area contributed by atoms with Crippen LogP contribution in [0.4, 0.5) is 5.82 Å². The quantitative estimate of drug-likeness (QED) is 0.743. The van der Waals surface area contributed by atoms with Gasteiger partial charge in [0, 0.05) is 37.2 Å². The summed E-state index contributed by atoms with van der Waals surface area (Å²) in [7, 11) is 2.10. The van der Waals surface area contributed by atoms with Crippen molar-refractivity contribution < 1.29 is 0 Å². The molecule has 23 heavy (non-hydrogen) atoms. The Balaban J connectivity index is 1.53. The first-order valence-electron chi connectivity index (χ1n) is 7.94. The van der Waals surface area contributed by atoms with Crippen molar-refractivity contribution in [1.29, 1.82) is 0 Å². The molecule has 0 unspecified atom stereocenters. The largest absolute Gasteiger partial charge is 0.355 e. The number of nitrogens with zero attached hydrogens (tertiary/aromatic N) is 5. The predicted molar refractivity (Wildman–Crippen MR) is 89.7 cm³/mol. The van der Waals surface area contributed by atoms with Crippen LogP contribution in [0.1, 0.15) is 23.2 Å². The van der Waals surface area contributed by atoms with E-state index in [-0.39, 0.29) is 0 Å². The number of hydrogen-bond donors (Lipinski definition) is 0. The second-order valence-corrected chi connectivity index (χ2v) is 5.95. The van der Waals surface area contributed by atoms with Crippen LogP contribution in [0.5, 0.6) is 0 Å². The molecule has 0 fully saturated rings. The highest BCUT2D eigenvalue weighted by molar-refractivity contribution is 5.50. The van der Waals surface area contributed by atoms with Gasteiger partial charge in [0.1, 0.15) is 12.1 Å². The number of rotatable bonds is 4. The molecule has 5 nitrogen and oxygen atoms in total. The molecule has 0 atom stereocenters. The number of fused-ring (bicyclic) bond motifs is 1. The Kier molecular flexibility index (Phi) is 3.54. The summed E-state index contributed by atoms with van der Waals surface area (Å²) in [5.41, 5.74) is 4.87. The molecule has 3 aromatic rings. The zero-order chi connectivity index (χ0) is 15.6. The average Bonchev–Trinajstić information content (AvgIpc) is 3.26. The molecule has 116 valence electrons. The van der Waals surface area contributed by atoms with Gasteiger partial charge in [0.15, 0.2) is 0 Å². The van der Waals surface area contributed by atoms with Crippen molar-refractivity contribution in [3.63, 3.8) is 0 Å². The molecule has 0 N–H and O–H groups in total. The highest BCUT2D eigenvalue weighted by atomic mass is 15.3. The Labute approximate surface area is 135 Å². The third-order valence-corrected chi connectivity index (χ3v) is 4.34. The molecule has 4 rings (SSSR count). The van der Waals surface area contributed by atoms with E-state index in [0.29, 0.717) is 0 Å². The van der Waals surface area contributed by atoms with Gasteiger partial charge in [0.05, 0.1) is 5.69 Å². The summed E-state index contributed by atoms with van der Waals surface area (Å²) in [4.78, 5) is 11.1. The van der Waals surface area contributed by atoms with E-state index in [1.165, 1.54) is 23.2 Å². The number of aryl methyl sites for hydroxylation is 1. The van der Waals surface area contributed by atoms with E-state index < -0.39 is 0 Å². The van der Waals surface area contributed by atoms with Gasteiger partial charge in [-0.1, -0.05) is 12.1 Å². The van der Waals surface area contributed by atoms with Crippen molar-refractivity contribution in [3.8, 4) is 5.69 Å². The van der Waals surface area contributed by atoms with Crippen molar-refractivity contribution >= 4 is 5.82 Å². The van der Waals surface area contributed by atoms with Crippen LogP contribution in [0.2, 0.25) is 0 Å². The maximum atomic E-state index is 4.51. The van der Waals surface area contributed by atoms with Crippen molar-refractivity contribution in [3.05, 3.63) is 65.9 Å². The molecule has 1 aliphatic rings. The molecule has 0 bridgehead atoms. The van der Waals surface area contributed by atoms with Crippen LogP contribution >= 0.6 is 0 Å². The molecule has 0 amide bonds. The van der Waals surface area contributed by atoms with Gasteiger partial charge in [-0.15, -0.1) is 0 Å². The number of anilines is 1. The second-order valence-electron chi connectivity index (χ2n) is 5.95. The summed E-state index contributed by atoms with van der Waals surface area (Å²) in [6, 6.07) is 10.4. The first kappa shape index (κ1) is 13.9. The van der Waals surface area contributed by atoms with Crippen LogP contribution < -0.4 is 4.90 Å². The Bertz CT molecular complexity index is 793. The van der Waals surface area contributed by atoms with Crippen molar-refractivity contribution in [1.82, 2.24) is 19.7 Å². The van der Waals surface area contributed by atoms with Crippen molar-refractivity contribution in [2.24, 2.45) is 0 Å². The highest BCUT2D eigenvalue weighted by Gasteiger charge is 2.19. The molecular formula is C18H19N5. The number of benzene rings is 1. The zero-order valence-corrected chi connectivity index (χ0v) is 13.2. The van der Waals surface area contributed by atoms with Gasteiger partial charge in [-0.05, 0) is 43.0 Å². The summed E-state index contributed by atoms with van der Waals surface area (Å²) in [6.45, 7) is 0.836. The maximum absolute atomic E-state index is 4.51. The van der Waals surface area contributed by atoms with Crippen LogP contribution in [0.25, 0.3) is 5.69 Å². The Hall–Kier alpha value is -2.69. The lowest BCUT2D eigenvalue weighted by Crippen LogP contribution is -2.19. The van der Waals surface area contributed by atoms with E-state index in [1.807, 2.05) is 16.9 Å². The minimum Gasteiger partial charge on any atom is -0.355 e. The topological polar surface area (TPSA) is 46.8 Å². The van der Waals surface area contributed by atoms with Crippen molar-refractivity contribution in [2.75, 3.05) is 11.9 Å². The standard InChI is InChI=1S/C18H19N5/c1-22(18-16-4-2-5-17(16)19-13-20-18)12-14-6-8-15(9-7-14)23-11-3-10-21-23/h3,6-11,13H,2,4-5,12H2,1H3. The van der Waals surface area contributed by atoms with Gasteiger partial charge in [-0.3, -0.25) is 0 Å². The van der Waals surface area contributed by atoms with Crippen LogP contribution in [-0.4, -0.2) is 26.8 Å². The monoisotopic (exact) mass is 305 g/mol. The molecule has 0 radical (unpaired) electrons. The van der Waals surface area contributed by atoms with Crippen LogP contribution in [0.15, 0.2) is 49.1 Å². The van der Waals surface area contributed by atoms with E-state index in [1.54, 1.807) is 12.5 Å². The van der Waals surface area contributed by atoms with E-state index in [9.17, 15) is 0 Å². The molecular weight excluding hydrogens is 286 g/mol. The van der Waals surface area contributed by atoms with Gasteiger partial charge in [-0.25, -0.2) is 14.6 Å². The van der Waals surface area contributed by atoms with Crippen LogP contribution in [-0.2, 0) is 19.4 Å². The lowest BCUT2D eigenvalue weighted by Gasteiger charge is -2.21. The zero-order valence-electron chi connectivity index (χ0n) is 13.2. The summed E-state index contributed by atoms with van der Waals surface area (Å²) >= 11 is 0. The van der Waals surface area contributed by atoms with Crippen LogP contribution in [0.3, 0.4) is 0 Å². The maximum Gasteiger partial charge on any atom is 0.135 e. The fraction of sp³-hybridized carbons (Fsp3) is 0.278. The smallest absolute Gasteiger partial charge is 0.135 e. The third-order valence-electron chi connectivity index (χ3n) is 4.34. The molecule has 0 saturated heterocycles. The first-order chi connectivity index (χ1) is 11.3. The fourth-order valence-electron chi connectivity index (χ4n) is 3.20. The van der Waals surface area contributed by atoms with E-state index >= 15 is 0 Å². The van der Waals surface area contributed by atoms with E-state index in [0.717, 1.165) is 30.9 Å². The first-order valence-corrected chi connectivity index (χ1v) is 7.94. The molecule has 2 heterocycles.